The summed E-state index contributed by atoms with van der Waals surface area (Å²) in [5.74, 6) is -0.486. The van der Waals surface area contributed by atoms with E-state index in [9.17, 15) is 14.7 Å². The van der Waals surface area contributed by atoms with Crippen LogP contribution in [0.15, 0.2) is 12.5 Å². The van der Waals surface area contributed by atoms with Gasteiger partial charge in [-0.25, -0.2) is 9.97 Å². The van der Waals surface area contributed by atoms with Crippen molar-refractivity contribution in [3.63, 3.8) is 0 Å². The van der Waals surface area contributed by atoms with Crippen LogP contribution in [-0.2, 0) is 4.79 Å². The summed E-state index contributed by atoms with van der Waals surface area (Å²) in [6.07, 6.45) is 5.21. The normalized spacial score (nSPS) is 21.7. The summed E-state index contributed by atoms with van der Waals surface area (Å²) in [4.78, 5) is 35.5. The number of aliphatic hydroxyl groups excluding tert-OH is 1. The molecule has 1 fully saturated rings. The molecule has 134 valence electrons. The quantitative estimate of drug-likeness (QED) is 0.653. The fourth-order valence-corrected chi connectivity index (χ4v) is 3.30. The molecule has 0 unspecified atom stereocenters. The Morgan fingerprint density at radius 3 is 2.52 bits per heavy atom. The first-order chi connectivity index (χ1) is 12.0. The molecule has 1 atom stereocenters. The van der Waals surface area contributed by atoms with Gasteiger partial charge in [-0.3, -0.25) is 9.59 Å². The number of aliphatic hydroxyl groups is 1. The van der Waals surface area contributed by atoms with Gasteiger partial charge >= 0.3 is 0 Å². The van der Waals surface area contributed by atoms with Crippen LogP contribution in [0.1, 0.15) is 48.7 Å². The third kappa shape index (κ3) is 3.79. The summed E-state index contributed by atoms with van der Waals surface area (Å²) >= 11 is 0. The molecule has 2 amide bonds. The average molecular weight is 345 g/mol. The molecule has 3 rings (SSSR count). The molecule has 2 aromatic heterocycles. The second-order valence-corrected chi connectivity index (χ2v) is 6.62. The summed E-state index contributed by atoms with van der Waals surface area (Å²) in [7, 11) is 0. The van der Waals surface area contributed by atoms with E-state index in [4.69, 9.17) is 0 Å². The van der Waals surface area contributed by atoms with Crippen LogP contribution in [-0.4, -0.2) is 50.1 Å². The number of H-pyrrole nitrogens is 1. The van der Waals surface area contributed by atoms with Gasteiger partial charge in [-0.1, -0.05) is 0 Å². The first-order valence-electron chi connectivity index (χ1n) is 8.53. The highest BCUT2D eigenvalue weighted by atomic mass is 16.3. The highest BCUT2D eigenvalue weighted by Gasteiger charge is 2.26. The molecule has 0 spiro atoms. The Kier molecular flexibility index (Phi) is 4.98. The fourth-order valence-electron chi connectivity index (χ4n) is 3.30. The van der Waals surface area contributed by atoms with Crippen molar-refractivity contribution in [3.05, 3.63) is 23.8 Å². The summed E-state index contributed by atoms with van der Waals surface area (Å²) < 4.78 is 0. The van der Waals surface area contributed by atoms with Crippen molar-refractivity contribution in [2.45, 2.75) is 57.7 Å². The Bertz CT molecular complexity index is 778. The molecule has 0 saturated heterocycles. The molecule has 1 saturated carbocycles. The van der Waals surface area contributed by atoms with Gasteiger partial charge in [0.25, 0.3) is 5.91 Å². The number of aromatic nitrogens is 3. The van der Waals surface area contributed by atoms with E-state index in [-0.39, 0.29) is 23.9 Å². The zero-order chi connectivity index (χ0) is 18.0. The minimum atomic E-state index is -0.996. The highest BCUT2D eigenvalue weighted by molar-refractivity contribution is 6.06. The topological polar surface area (TPSA) is 120 Å². The van der Waals surface area contributed by atoms with Crippen LogP contribution in [0.4, 0.5) is 0 Å². The SMILES string of the molecule is Cc1[nH]c2cncnc2c1C(=O)NC1CCC(NC(=O)[C@H](C)O)CC1. The molecule has 1 aliphatic carbocycles. The number of rotatable bonds is 4. The van der Waals surface area contributed by atoms with Crippen LogP contribution in [0, 0.1) is 6.92 Å². The number of carbonyl (C=O) groups is 2. The Morgan fingerprint density at radius 1 is 1.24 bits per heavy atom. The monoisotopic (exact) mass is 345 g/mol. The van der Waals surface area contributed by atoms with E-state index in [0.29, 0.717) is 11.1 Å². The maximum atomic E-state index is 12.7. The van der Waals surface area contributed by atoms with E-state index in [1.165, 1.54) is 13.3 Å². The molecule has 0 aliphatic heterocycles. The van der Waals surface area contributed by atoms with E-state index in [1.807, 2.05) is 6.92 Å². The Morgan fingerprint density at radius 2 is 1.88 bits per heavy atom. The van der Waals surface area contributed by atoms with Crippen LogP contribution >= 0.6 is 0 Å². The van der Waals surface area contributed by atoms with Gasteiger partial charge in [0.15, 0.2) is 0 Å². The van der Waals surface area contributed by atoms with Crippen LogP contribution < -0.4 is 10.6 Å². The summed E-state index contributed by atoms with van der Waals surface area (Å²) in [5, 5.41) is 15.2. The molecule has 0 bridgehead atoms. The van der Waals surface area contributed by atoms with Crippen molar-refractivity contribution in [2.24, 2.45) is 0 Å². The predicted octanol–water partition coefficient (Wildman–Crippen LogP) is 0.804. The summed E-state index contributed by atoms with van der Waals surface area (Å²) in [6, 6.07) is 0.121. The summed E-state index contributed by atoms with van der Waals surface area (Å²) in [6.45, 7) is 3.30. The average Bonchev–Trinajstić information content (AvgIpc) is 2.92. The van der Waals surface area contributed by atoms with E-state index in [0.717, 1.165) is 36.9 Å². The van der Waals surface area contributed by atoms with Gasteiger partial charge in [-0.2, -0.15) is 0 Å². The molecular formula is C17H23N5O3. The lowest BCUT2D eigenvalue weighted by Gasteiger charge is -2.30. The molecule has 25 heavy (non-hydrogen) atoms. The molecule has 0 radical (unpaired) electrons. The number of hydrogen-bond donors (Lipinski definition) is 4. The van der Waals surface area contributed by atoms with Crippen molar-refractivity contribution >= 4 is 22.8 Å². The lowest BCUT2D eigenvalue weighted by atomic mass is 9.90. The summed E-state index contributed by atoms with van der Waals surface area (Å²) in [5.41, 5.74) is 2.70. The number of nitrogens with one attached hydrogen (secondary N) is 3. The Balaban J connectivity index is 1.59. The second kappa shape index (κ2) is 7.18. The van der Waals surface area contributed by atoms with E-state index < -0.39 is 6.10 Å². The first kappa shape index (κ1) is 17.3. The second-order valence-electron chi connectivity index (χ2n) is 6.62. The predicted molar refractivity (Wildman–Crippen MR) is 92.0 cm³/mol. The largest absolute Gasteiger partial charge is 0.384 e. The van der Waals surface area contributed by atoms with E-state index in [2.05, 4.69) is 25.6 Å². The molecule has 0 aromatic carbocycles. The Labute approximate surface area is 145 Å². The lowest BCUT2D eigenvalue weighted by molar-refractivity contribution is -0.129. The molecule has 2 aromatic rings. The van der Waals surface area contributed by atoms with Crippen molar-refractivity contribution in [1.82, 2.24) is 25.6 Å². The first-order valence-corrected chi connectivity index (χ1v) is 8.53. The molecule has 4 N–H and O–H groups in total. The van der Waals surface area contributed by atoms with Crippen LogP contribution in [0.2, 0.25) is 0 Å². The standard InChI is InChI=1S/C17H23N5O3/c1-9-14(15-13(20-9)7-18-8-19-15)17(25)22-12-5-3-11(4-6-12)21-16(24)10(2)23/h7-8,10-12,20,23H,3-6H2,1-2H3,(H,21,24)(H,22,25)/t10-,11?,12?/m0/s1. The van der Waals surface area contributed by atoms with Gasteiger partial charge < -0.3 is 20.7 Å². The number of carbonyl (C=O) groups excluding carboxylic acids is 2. The lowest BCUT2D eigenvalue weighted by Crippen LogP contribution is -2.46. The van der Waals surface area contributed by atoms with E-state index >= 15 is 0 Å². The molecule has 2 heterocycles. The molecule has 8 heteroatoms. The van der Waals surface area contributed by atoms with Gasteiger partial charge in [-0.05, 0) is 39.5 Å². The van der Waals surface area contributed by atoms with Crippen molar-refractivity contribution < 1.29 is 14.7 Å². The van der Waals surface area contributed by atoms with Gasteiger partial charge in [-0.15, -0.1) is 0 Å². The zero-order valence-corrected chi connectivity index (χ0v) is 14.4. The molecular weight excluding hydrogens is 322 g/mol. The van der Waals surface area contributed by atoms with Gasteiger partial charge in [0, 0.05) is 17.8 Å². The number of aromatic amines is 1. The van der Waals surface area contributed by atoms with Gasteiger partial charge in [0.1, 0.15) is 17.9 Å². The van der Waals surface area contributed by atoms with Crippen molar-refractivity contribution in [1.29, 1.82) is 0 Å². The zero-order valence-electron chi connectivity index (χ0n) is 14.4. The number of amides is 2. The smallest absolute Gasteiger partial charge is 0.255 e. The van der Waals surface area contributed by atoms with Gasteiger partial charge in [0.05, 0.1) is 17.3 Å². The minimum Gasteiger partial charge on any atom is -0.384 e. The van der Waals surface area contributed by atoms with Crippen molar-refractivity contribution in [2.75, 3.05) is 0 Å². The van der Waals surface area contributed by atoms with Crippen LogP contribution in [0.3, 0.4) is 0 Å². The number of fused-ring (bicyclic) bond motifs is 1. The third-order valence-corrected chi connectivity index (χ3v) is 4.66. The van der Waals surface area contributed by atoms with Gasteiger partial charge in [0.2, 0.25) is 5.91 Å². The van der Waals surface area contributed by atoms with Crippen LogP contribution in [0.25, 0.3) is 11.0 Å². The van der Waals surface area contributed by atoms with Crippen molar-refractivity contribution in [3.8, 4) is 0 Å². The maximum Gasteiger partial charge on any atom is 0.255 e. The van der Waals surface area contributed by atoms with E-state index in [1.54, 1.807) is 6.20 Å². The molecule has 8 nitrogen and oxygen atoms in total. The fraction of sp³-hybridized carbons (Fsp3) is 0.529. The minimum absolute atomic E-state index is 0.0535. The number of nitrogens with zero attached hydrogens (tertiary/aromatic N) is 2. The number of hydrogen-bond acceptors (Lipinski definition) is 5. The van der Waals surface area contributed by atoms with Crippen LogP contribution in [0.5, 0.6) is 0 Å². The highest BCUT2D eigenvalue weighted by Crippen LogP contribution is 2.22. The maximum absolute atomic E-state index is 12.7. The molecule has 1 aliphatic rings. The number of aryl methyl sites for hydroxylation is 1. The Hall–Kier alpha value is -2.48. The third-order valence-electron chi connectivity index (χ3n) is 4.66.